The molecule has 5 heteroatoms. The first-order valence-corrected chi connectivity index (χ1v) is 6.07. The molecule has 0 saturated carbocycles. The highest BCUT2D eigenvalue weighted by molar-refractivity contribution is 8.11. The monoisotopic (exact) mass is 197 g/mol. The van der Waals surface area contributed by atoms with Gasteiger partial charge in [0.05, 0.1) is 0 Å². The van der Waals surface area contributed by atoms with Crippen molar-refractivity contribution in [2.45, 2.75) is 25.7 Å². The molecule has 3 nitrogen and oxygen atoms in total. The van der Waals surface area contributed by atoms with E-state index in [1.54, 1.807) is 0 Å². The Bertz CT molecular complexity index is 207. The van der Waals surface area contributed by atoms with Crippen LogP contribution in [0.25, 0.3) is 0 Å². The van der Waals surface area contributed by atoms with Crippen LogP contribution in [0.1, 0.15) is 25.7 Å². The molecule has 0 radical (unpaired) electrons. The van der Waals surface area contributed by atoms with Crippen LogP contribution in [0.4, 0.5) is 0 Å². The molecule has 1 fully saturated rings. The normalized spacial score (nSPS) is 23.0. The summed E-state index contributed by atoms with van der Waals surface area (Å²) in [6.07, 6.45) is 4.10. The molecule has 0 spiro atoms. The Morgan fingerprint density at radius 1 is 1.00 bits per heavy atom. The summed E-state index contributed by atoms with van der Waals surface area (Å²) in [6.45, 7) is 1.18. The summed E-state index contributed by atoms with van der Waals surface area (Å²) in [5, 5.41) is 0. The van der Waals surface area contributed by atoms with Crippen LogP contribution in [0.2, 0.25) is 0 Å². The minimum atomic E-state index is -3.44. The zero-order chi connectivity index (χ0) is 8.32. The minimum Gasteiger partial charge on any atom is -0.195 e. The Morgan fingerprint density at radius 3 is 1.82 bits per heavy atom. The van der Waals surface area contributed by atoms with Gasteiger partial charge in [0, 0.05) is 23.8 Å². The molecule has 0 bridgehead atoms. The number of rotatable bonds is 1. The van der Waals surface area contributed by atoms with Crippen molar-refractivity contribution < 1.29 is 8.42 Å². The molecule has 1 aliphatic heterocycles. The van der Waals surface area contributed by atoms with Crippen molar-refractivity contribution in [1.82, 2.24) is 4.31 Å². The van der Waals surface area contributed by atoms with Crippen LogP contribution >= 0.6 is 10.7 Å². The smallest absolute Gasteiger partial charge is 0.195 e. The van der Waals surface area contributed by atoms with Crippen molar-refractivity contribution in [3.63, 3.8) is 0 Å². The van der Waals surface area contributed by atoms with Crippen LogP contribution in [0, 0.1) is 0 Å². The van der Waals surface area contributed by atoms with Crippen LogP contribution in [0.3, 0.4) is 0 Å². The third-order valence-corrected chi connectivity index (χ3v) is 3.44. The SMILES string of the molecule is O=S(=O)(Cl)N1CCCCCC1. The van der Waals surface area contributed by atoms with Crippen molar-refractivity contribution >= 4 is 19.9 Å². The number of halogens is 1. The molecule has 0 unspecified atom stereocenters. The lowest BCUT2D eigenvalue weighted by molar-refractivity contribution is 0.435. The van der Waals surface area contributed by atoms with Crippen molar-refractivity contribution in [3.8, 4) is 0 Å². The van der Waals surface area contributed by atoms with Gasteiger partial charge in [0.15, 0.2) is 0 Å². The van der Waals surface area contributed by atoms with Crippen molar-refractivity contribution in [1.29, 1.82) is 0 Å². The fourth-order valence-electron chi connectivity index (χ4n) is 1.26. The van der Waals surface area contributed by atoms with Gasteiger partial charge in [-0.25, -0.2) is 0 Å². The standard InChI is InChI=1S/C6H12ClNO2S/c7-11(9,10)8-5-3-1-2-4-6-8/h1-6H2. The zero-order valence-electron chi connectivity index (χ0n) is 6.29. The highest BCUT2D eigenvalue weighted by atomic mass is 35.7. The van der Waals surface area contributed by atoms with Gasteiger partial charge >= 0.3 is 0 Å². The maximum atomic E-state index is 10.8. The van der Waals surface area contributed by atoms with E-state index in [0.29, 0.717) is 13.1 Å². The van der Waals surface area contributed by atoms with E-state index >= 15 is 0 Å². The number of hydrogen-bond donors (Lipinski definition) is 0. The second-order valence-corrected chi connectivity index (χ2v) is 5.27. The molecule has 11 heavy (non-hydrogen) atoms. The van der Waals surface area contributed by atoms with Crippen LogP contribution in [-0.4, -0.2) is 25.8 Å². The van der Waals surface area contributed by atoms with E-state index in [4.69, 9.17) is 10.7 Å². The minimum absolute atomic E-state index is 0.589. The molecular formula is C6H12ClNO2S. The second kappa shape index (κ2) is 3.74. The van der Waals surface area contributed by atoms with E-state index in [1.165, 1.54) is 4.31 Å². The van der Waals surface area contributed by atoms with E-state index < -0.39 is 9.24 Å². The van der Waals surface area contributed by atoms with Crippen LogP contribution in [0.15, 0.2) is 0 Å². The predicted octanol–water partition coefficient (Wildman–Crippen LogP) is 1.35. The highest BCUT2D eigenvalue weighted by Crippen LogP contribution is 2.15. The molecule has 0 N–H and O–H groups in total. The van der Waals surface area contributed by atoms with Gasteiger partial charge in [-0.2, -0.15) is 12.7 Å². The lowest BCUT2D eigenvalue weighted by Gasteiger charge is -2.13. The van der Waals surface area contributed by atoms with Gasteiger partial charge in [-0.1, -0.05) is 12.8 Å². The summed E-state index contributed by atoms with van der Waals surface area (Å²) in [4.78, 5) is 0. The summed E-state index contributed by atoms with van der Waals surface area (Å²) in [5.41, 5.74) is 0. The molecular weight excluding hydrogens is 186 g/mol. The highest BCUT2D eigenvalue weighted by Gasteiger charge is 2.19. The first-order valence-electron chi connectivity index (χ1n) is 3.80. The fraction of sp³-hybridized carbons (Fsp3) is 1.00. The van der Waals surface area contributed by atoms with Crippen LogP contribution in [0.5, 0.6) is 0 Å². The maximum Gasteiger partial charge on any atom is 0.299 e. The van der Waals surface area contributed by atoms with Gasteiger partial charge in [0.25, 0.3) is 9.24 Å². The molecule has 0 aromatic carbocycles. The molecule has 1 aliphatic rings. The lowest BCUT2D eigenvalue weighted by Crippen LogP contribution is -2.27. The number of hydrogen-bond acceptors (Lipinski definition) is 2. The molecule has 1 heterocycles. The first-order chi connectivity index (χ1) is 5.11. The van der Waals surface area contributed by atoms with Gasteiger partial charge in [0.1, 0.15) is 0 Å². The van der Waals surface area contributed by atoms with E-state index in [2.05, 4.69) is 0 Å². The van der Waals surface area contributed by atoms with E-state index in [0.717, 1.165) is 25.7 Å². The van der Waals surface area contributed by atoms with E-state index in [1.807, 2.05) is 0 Å². The zero-order valence-corrected chi connectivity index (χ0v) is 7.86. The van der Waals surface area contributed by atoms with Gasteiger partial charge in [-0.15, -0.1) is 0 Å². The Morgan fingerprint density at radius 2 is 1.45 bits per heavy atom. The summed E-state index contributed by atoms with van der Waals surface area (Å²) in [7, 11) is 1.74. The maximum absolute atomic E-state index is 10.8. The lowest BCUT2D eigenvalue weighted by atomic mass is 10.2. The van der Waals surface area contributed by atoms with Gasteiger partial charge in [-0.05, 0) is 12.8 Å². The largest absolute Gasteiger partial charge is 0.299 e. The summed E-state index contributed by atoms with van der Waals surface area (Å²) in [5.74, 6) is 0. The van der Waals surface area contributed by atoms with E-state index in [9.17, 15) is 8.42 Å². The molecule has 0 atom stereocenters. The molecule has 0 aromatic heterocycles. The molecule has 0 aliphatic carbocycles. The Balaban J connectivity index is 2.57. The summed E-state index contributed by atoms with van der Waals surface area (Å²) < 4.78 is 23.0. The average Bonchev–Trinajstić information content (AvgIpc) is 2.10. The Kier molecular flexibility index (Phi) is 3.16. The topological polar surface area (TPSA) is 37.4 Å². The third kappa shape index (κ3) is 2.97. The quantitative estimate of drug-likeness (QED) is 0.595. The molecule has 66 valence electrons. The van der Waals surface area contributed by atoms with Crippen molar-refractivity contribution in [3.05, 3.63) is 0 Å². The average molecular weight is 198 g/mol. The summed E-state index contributed by atoms with van der Waals surface area (Å²) in [6, 6.07) is 0. The van der Waals surface area contributed by atoms with Gasteiger partial charge < -0.3 is 0 Å². The van der Waals surface area contributed by atoms with Crippen LogP contribution < -0.4 is 0 Å². The van der Waals surface area contributed by atoms with Gasteiger partial charge in [0.2, 0.25) is 0 Å². The van der Waals surface area contributed by atoms with E-state index in [-0.39, 0.29) is 0 Å². The molecule has 1 saturated heterocycles. The van der Waals surface area contributed by atoms with Crippen LogP contribution in [-0.2, 0) is 9.24 Å². The number of nitrogens with zero attached hydrogens (tertiary/aromatic N) is 1. The predicted molar refractivity (Wildman–Crippen MR) is 44.8 cm³/mol. The molecule has 1 rings (SSSR count). The van der Waals surface area contributed by atoms with Crippen molar-refractivity contribution in [2.24, 2.45) is 0 Å². The fourth-order valence-corrected chi connectivity index (χ4v) is 2.37. The van der Waals surface area contributed by atoms with Gasteiger partial charge in [-0.3, -0.25) is 0 Å². The Hall–Kier alpha value is 0.200. The molecule has 0 aromatic rings. The Labute approximate surface area is 71.9 Å². The molecule has 0 amide bonds. The summed E-state index contributed by atoms with van der Waals surface area (Å²) >= 11 is 0. The second-order valence-electron chi connectivity index (χ2n) is 2.76. The first kappa shape index (κ1) is 9.29. The van der Waals surface area contributed by atoms with Crippen molar-refractivity contribution in [2.75, 3.05) is 13.1 Å². The third-order valence-electron chi connectivity index (χ3n) is 1.87.